The number of ether oxygens (including phenoxy) is 1. The van der Waals surface area contributed by atoms with E-state index in [1.807, 2.05) is 30.7 Å². The lowest BCUT2D eigenvalue weighted by Gasteiger charge is -2.31. The van der Waals surface area contributed by atoms with Crippen LogP contribution in [0, 0.1) is 0 Å². The molecule has 1 fully saturated rings. The van der Waals surface area contributed by atoms with E-state index in [0.29, 0.717) is 11.5 Å². The monoisotopic (exact) mass is 480 g/mol. The number of pyridine rings is 1. The average molecular weight is 481 g/mol. The van der Waals surface area contributed by atoms with Crippen molar-refractivity contribution in [1.82, 2.24) is 15.0 Å². The fourth-order valence-electron chi connectivity index (χ4n) is 3.55. The predicted molar refractivity (Wildman–Crippen MR) is 143 cm³/mol. The standard InChI is InChI=1S/C27H36N4O2S/c1-6-23-17-29-27(30-18-23)31-15-13-26(14-16-31)33-20-24-10-12-25(28-19-24)11-8-21(2)7-9-22(3)34(4,5)32/h7,9-10,12,17-19,26H,2-4,6,8,11,13-16,20H2,1,5H3/b9-7-. The molecule has 0 N–H and O–H groups in total. The van der Waals surface area contributed by atoms with Gasteiger partial charge in [-0.3, -0.25) is 9.19 Å². The van der Waals surface area contributed by atoms with E-state index >= 15 is 0 Å². The molecule has 1 saturated heterocycles. The number of hydrogen-bond donors (Lipinski definition) is 0. The van der Waals surface area contributed by atoms with Crippen molar-refractivity contribution in [3.8, 4) is 0 Å². The largest absolute Gasteiger partial charge is 0.373 e. The molecule has 1 atom stereocenters. The van der Waals surface area contributed by atoms with E-state index in [-0.39, 0.29) is 6.10 Å². The highest BCUT2D eigenvalue weighted by molar-refractivity contribution is 8.03. The number of rotatable bonds is 11. The van der Waals surface area contributed by atoms with Crippen LogP contribution in [0.25, 0.3) is 0 Å². The quantitative estimate of drug-likeness (QED) is 0.348. The van der Waals surface area contributed by atoms with Gasteiger partial charge in [0.1, 0.15) is 0 Å². The minimum absolute atomic E-state index is 0.242. The lowest BCUT2D eigenvalue weighted by atomic mass is 10.1. The first-order chi connectivity index (χ1) is 16.2. The summed E-state index contributed by atoms with van der Waals surface area (Å²) in [5.74, 6) is 4.45. The molecule has 3 rings (SSSR count). The Labute approximate surface area is 204 Å². The van der Waals surface area contributed by atoms with Gasteiger partial charge in [-0.2, -0.15) is 0 Å². The third kappa shape index (κ3) is 7.92. The van der Waals surface area contributed by atoms with Crippen LogP contribution < -0.4 is 4.90 Å². The summed E-state index contributed by atoms with van der Waals surface area (Å²) in [7, 11) is -2.26. The van der Waals surface area contributed by atoms with Crippen molar-refractivity contribution >= 4 is 21.3 Å². The van der Waals surface area contributed by atoms with Gasteiger partial charge in [-0.05, 0) is 70.8 Å². The van der Waals surface area contributed by atoms with Gasteiger partial charge < -0.3 is 9.64 Å². The molecule has 1 aliphatic heterocycles. The molecule has 0 radical (unpaired) electrons. The molecule has 3 heterocycles. The van der Waals surface area contributed by atoms with Gasteiger partial charge in [-0.25, -0.2) is 9.97 Å². The normalized spacial score (nSPS) is 16.5. The Morgan fingerprint density at radius 1 is 1.12 bits per heavy atom. The highest BCUT2D eigenvalue weighted by atomic mass is 32.2. The second-order valence-electron chi connectivity index (χ2n) is 8.86. The summed E-state index contributed by atoms with van der Waals surface area (Å²) in [6, 6.07) is 4.12. The Morgan fingerprint density at radius 3 is 2.38 bits per heavy atom. The van der Waals surface area contributed by atoms with Crippen LogP contribution in [0.2, 0.25) is 0 Å². The van der Waals surface area contributed by atoms with Gasteiger partial charge in [-0.15, -0.1) is 0 Å². The van der Waals surface area contributed by atoms with Crippen LogP contribution in [0.1, 0.15) is 43.0 Å². The number of aryl methyl sites for hydroxylation is 2. The minimum atomic E-state index is -2.26. The maximum Gasteiger partial charge on any atom is 0.225 e. The minimum Gasteiger partial charge on any atom is -0.373 e. The zero-order chi connectivity index (χ0) is 24.6. The Morgan fingerprint density at radius 2 is 1.79 bits per heavy atom. The van der Waals surface area contributed by atoms with Crippen molar-refractivity contribution in [2.45, 2.75) is 51.7 Å². The molecule has 0 saturated carbocycles. The van der Waals surface area contributed by atoms with Crippen molar-refractivity contribution in [2.75, 3.05) is 24.2 Å². The molecule has 0 bridgehead atoms. The highest BCUT2D eigenvalue weighted by Gasteiger charge is 2.21. The second kappa shape index (κ2) is 12.1. The first-order valence-electron chi connectivity index (χ1n) is 11.7. The van der Waals surface area contributed by atoms with Gasteiger partial charge in [0, 0.05) is 48.5 Å². The maximum atomic E-state index is 11.8. The van der Waals surface area contributed by atoms with Gasteiger partial charge in [-0.1, -0.05) is 37.8 Å². The number of allylic oxidation sites excluding steroid dienone is 3. The Kier molecular flexibility index (Phi) is 9.19. The molecule has 1 unspecified atom stereocenters. The van der Waals surface area contributed by atoms with Crippen molar-refractivity contribution in [2.24, 2.45) is 0 Å². The number of hydrogen-bond acceptors (Lipinski definition) is 6. The first kappa shape index (κ1) is 25.8. The van der Waals surface area contributed by atoms with Crippen LogP contribution in [-0.2, 0) is 33.7 Å². The molecular weight excluding hydrogens is 444 g/mol. The van der Waals surface area contributed by atoms with E-state index in [0.717, 1.165) is 73.5 Å². The molecule has 1 aliphatic rings. The average Bonchev–Trinajstić information content (AvgIpc) is 2.85. The molecule has 7 heteroatoms. The SMILES string of the molecule is C=C(/C=C\C(=C)S(=C)(C)=O)CCc1ccc(COC2CCN(c3ncc(CC)cn3)CC2)cn1. The van der Waals surface area contributed by atoms with Gasteiger partial charge in [0.25, 0.3) is 0 Å². The van der Waals surface area contributed by atoms with Crippen LogP contribution in [0.4, 0.5) is 5.95 Å². The van der Waals surface area contributed by atoms with Crippen molar-refractivity contribution in [3.63, 3.8) is 0 Å². The molecule has 2 aromatic heterocycles. The fraction of sp³-hybridized carbons (Fsp3) is 0.407. The van der Waals surface area contributed by atoms with Gasteiger partial charge in [0.2, 0.25) is 5.95 Å². The third-order valence-electron chi connectivity index (χ3n) is 5.96. The molecule has 0 spiro atoms. The summed E-state index contributed by atoms with van der Waals surface area (Å²) in [6.07, 6.45) is 15.6. The first-order valence-corrected chi connectivity index (χ1v) is 13.9. The zero-order valence-corrected chi connectivity index (χ0v) is 21.2. The van der Waals surface area contributed by atoms with E-state index in [2.05, 4.69) is 51.9 Å². The van der Waals surface area contributed by atoms with E-state index < -0.39 is 9.52 Å². The molecular formula is C27H36N4O2S. The molecule has 0 aliphatic carbocycles. The number of anilines is 1. The highest BCUT2D eigenvalue weighted by Crippen LogP contribution is 2.19. The van der Waals surface area contributed by atoms with Crippen LogP contribution in [0.15, 0.2) is 66.5 Å². The van der Waals surface area contributed by atoms with Crippen LogP contribution in [-0.4, -0.2) is 50.5 Å². The Hall–Kier alpha value is -2.77. The summed E-state index contributed by atoms with van der Waals surface area (Å²) in [6.45, 7) is 12.3. The maximum absolute atomic E-state index is 11.8. The molecule has 0 aromatic carbocycles. The summed E-state index contributed by atoms with van der Waals surface area (Å²) in [5, 5.41) is 0. The molecule has 0 amide bonds. The van der Waals surface area contributed by atoms with E-state index in [9.17, 15) is 4.21 Å². The number of nitrogens with zero attached hydrogens (tertiary/aromatic N) is 4. The van der Waals surface area contributed by atoms with Crippen molar-refractivity contribution in [1.29, 1.82) is 0 Å². The van der Waals surface area contributed by atoms with Crippen LogP contribution >= 0.6 is 0 Å². The smallest absolute Gasteiger partial charge is 0.225 e. The second-order valence-corrected chi connectivity index (χ2v) is 11.4. The predicted octanol–water partition coefficient (Wildman–Crippen LogP) is 4.52. The number of piperidine rings is 1. The van der Waals surface area contributed by atoms with Crippen LogP contribution in [0.5, 0.6) is 0 Å². The van der Waals surface area contributed by atoms with Crippen molar-refractivity contribution in [3.05, 3.63) is 83.3 Å². The molecule has 6 nitrogen and oxygen atoms in total. The Balaban J connectivity index is 1.38. The zero-order valence-electron chi connectivity index (χ0n) is 20.4. The summed E-state index contributed by atoms with van der Waals surface area (Å²) < 4.78 is 18.0. The lowest BCUT2D eigenvalue weighted by Crippen LogP contribution is -2.38. The van der Waals surface area contributed by atoms with Gasteiger partial charge in [0.15, 0.2) is 0 Å². The van der Waals surface area contributed by atoms with Gasteiger partial charge in [0.05, 0.1) is 12.7 Å². The van der Waals surface area contributed by atoms with E-state index in [1.54, 1.807) is 12.3 Å². The van der Waals surface area contributed by atoms with E-state index in [4.69, 9.17) is 4.74 Å². The Bertz CT molecular complexity index is 1100. The van der Waals surface area contributed by atoms with E-state index in [1.165, 1.54) is 0 Å². The van der Waals surface area contributed by atoms with Gasteiger partial charge >= 0.3 is 0 Å². The fourth-order valence-corrected chi connectivity index (χ4v) is 3.90. The van der Waals surface area contributed by atoms with Crippen LogP contribution in [0.3, 0.4) is 0 Å². The summed E-state index contributed by atoms with van der Waals surface area (Å²) in [4.78, 5) is 16.3. The third-order valence-corrected chi connectivity index (χ3v) is 7.20. The molecule has 182 valence electrons. The van der Waals surface area contributed by atoms with Crippen molar-refractivity contribution < 1.29 is 8.95 Å². The molecule has 2 aromatic rings. The summed E-state index contributed by atoms with van der Waals surface area (Å²) >= 11 is 0. The molecule has 34 heavy (non-hydrogen) atoms. The number of aromatic nitrogens is 3. The topological polar surface area (TPSA) is 68.2 Å². The lowest BCUT2D eigenvalue weighted by molar-refractivity contribution is 0.0248. The summed E-state index contributed by atoms with van der Waals surface area (Å²) in [5.41, 5.74) is 4.19.